The van der Waals surface area contributed by atoms with Gasteiger partial charge in [-0.05, 0) is 86.7 Å². The van der Waals surface area contributed by atoms with Crippen molar-refractivity contribution in [2.75, 3.05) is 0 Å². The van der Waals surface area contributed by atoms with Crippen molar-refractivity contribution >= 4 is 6.08 Å². The summed E-state index contributed by atoms with van der Waals surface area (Å²) in [5, 5.41) is 26.0. The van der Waals surface area contributed by atoms with Crippen molar-refractivity contribution in [1.82, 2.24) is 9.78 Å². The molecule has 0 bridgehead atoms. The van der Waals surface area contributed by atoms with Gasteiger partial charge in [0.1, 0.15) is 0 Å². The Morgan fingerprint density at radius 2 is 1.93 bits per heavy atom. The molecule has 0 amide bonds. The summed E-state index contributed by atoms with van der Waals surface area (Å²) < 4.78 is 1.86. The summed E-state index contributed by atoms with van der Waals surface area (Å²) >= 11 is 0. The van der Waals surface area contributed by atoms with E-state index in [1.54, 1.807) is 0 Å². The maximum atomic E-state index is 11.4. The highest BCUT2D eigenvalue weighted by Crippen LogP contribution is 2.65. The van der Waals surface area contributed by atoms with Crippen LogP contribution in [0.2, 0.25) is 0 Å². The number of allylic oxidation sites excluding steroid dienone is 1. The molecule has 0 aliphatic heterocycles. The van der Waals surface area contributed by atoms with Crippen molar-refractivity contribution in [1.29, 1.82) is 0 Å². The molecule has 1 aromatic heterocycles. The van der Waals surface area contributed by atoms with Crippen LogP contribution >= 0.6 is 0 Å². The van der Waals surface area contributed by atoms with Crippen LogP contribution in [0.1, 0.15) is 70.1 Å². The molecule has 158 valence electrons. The zero-order chi connectivity index (χ0) is 20.6. The van der Waals surface area contributed by atoms with Gasteiger partial charge in [0.25, 0.3) is 0 Å². The molecule has 0 radical (unpaired) electrons. The third kappa shape index (κ3) is 2.82. The van der Waals surface area contributed by atoms with Gasteiger partial charge in [-0.1, -0.05) is 25.5 Å². The Balaban J connectivity index is 1.48. The third-order valence-electron chi connectivity index (χ3n) is 9.34. The predicted molar refractivity (Wildman–Crippen MR) is 115 cm³/mol. The van der Waals surface area contributed by atoms with Crippen molar-refractivity contribution in [3.05, 3.63) is 34.7 Å². The van der Waals surface area contributed by atoms with E-state index < -0.39 is 0 Å². The van der Waals surface area contributed by atoms with Crippen molar-refractivity contribution in [3.8, 4) is 0 Å². The smallest absolute Gasteiger partial charge is 0.0809 e. The summed E-state index contributed by atoms with van der Waals surface area (Å²) in [6, 6.07) is 0. The van der Waals surface area contributed by atoms with Gasteiger partial charge in [0.05, 0.1) is 17.9 Å². The number of aliphatic hydroxyl groups excluding tert-OH is 2. The normalized spacial score (nSPS) is 45.5. The first kappa shape index (κ1) is 19.6. The highest BCUT2D eigenvalue weighted by atomic mass is 16.3. The van der Waals surface area contributed by atoms with E-state index in [2.05, 4.69) is 37.3 Å². The van der Waals surface area contributed by atoms with Gasteiger partial charge in [-0.25, -0.2) is 0 Å². The fraction of sp³-hybridized carbons (Fsp3) is 0.720. The molecule has 3 fully saturated rings. The fourth-order valence-electron chi connectivity index (χ4n) is 7.60. The number of nitrogens with zero attached hydrogens (tertiary/aromatic N) is 2. The minimum Gasteiger partial charge on any atom is -0.393 e. The summed E-state index contributed by atoms with van der Waals surface area (Å²) in [5.74, 6) is 1.88. The molecule has 4 aliphatic rings. The Morgan fingerprint density at radius 3 is 2.66 bits per heavy atom. The van der Waals surface area contributed by atoms with Gasteiger partial charge < -0.3 is 10.2 Å². The monoisotopic (exact) mass is 396 g/mol. The molecule has 1 heterocycles. The molecule has 2 N–H and O–H groups in total. The highest BCUT2D eigenvalue weighted by Gasteiger charge is 2.59. The largest absolute Gasteiger partial charge is 0.393 e. The molecule has 5 rings (SSSR count). The average molecular weight is 397 g/mol. The quantitative estimate of drug-likeness (QED) is 0.692. The summed E-state index contributed by atoms with van der Waals surface area (Å²) in [6.45, 7) is 6.84. The topological polar surface area (TPSA) is 58.3 Å². The first-order valence-electron chi connectivity index (χ1n) is 11.5. The van der Waals surface area contributed by atoms with Crippen LogP contribution in [-0.4, -0.2) is 32.2 Å². The summed E-state index contributed by atoms with van der Waals surface area (Å²) in [7, 11) is 1.96. The summed E-state index contributed by atoms with van der Waals surface area (Å²) in [4.78, 5) is 0. The van der Waals surface area contributed by atoms with E-state index in [-0.39, 0.29) is 23.0 Å². The average Bonchev–Trinajstić information content (AvgIpc) is 3.12. The lowest BCUT2D eigenvalue weighted by atomic mass is 9.48. The number of hydrogen-bond donors (Lipinski definition) is 2. The minimum absolute atomic E-state index is 0.0149. The maximum absolute atomic E-state index is 11.4. The number of aryl methyl sites for hydroxylation is 2. The van der Waals surface area contributed by atoms with E-state index in [9.17, 15) is 10.2 Å². The second-order valence-electron chi connectivity index (χ2n) is 10.9. The van der Waals surface area contributed by atoms with Crippen molar-refractivity contribution in [2.45, 2.75) is 77.9 Å². The number of rotatable bonds is 1. The molecule has 4 aliphatic carbocycles. The predicted octanol–water partition coefficient (Wildman–Crippen LogP) is 4.41. The zero-order valence-electron chi connectivity index (χ0n) is 18.4. The molecule has 4 heteroatoms. The maximum Gasteiger partial charge on any atom is 0.0809 e. The number of hydrogen-bond acceptors (Lipinski definition) is 3. The lowest BCUT2D eigenvalue weighted by molar-refractivity contribution is -0.0685. The van der Waals surface area contributed by atoms with Crippen LogP contribution < -0.4 is 0 Å². The molecule has 0 aromatic carbocycles. The van der Waals surface area contributed by atoms with E-state index in [1.807, 2.05) is 18.7 Å². The molecule has 1 aromatic rings. The molecule has 0 spiro atoms. The van der Waals surface area contributed by atoms with E-state index in [0.717, 1.165) is 49.8 Å². The third-order valence-corrected chi connectivity index (χ3v) is 9.34. The van der Waals surface area contributed by atoms with Crippen molar-refractivity contribution in [3.63, 3.8) is 0 Å². The van der Waals surface area contributed by atoms with Gasteiger partial charge in [0, 0.05) is 24.2 Å². The van der Waals surface area contributed by atoms with Gasteiger partial charge in [0.15, 0.2) is 0 Å². The molecule has 4 nitrogen and oxygen atoms in total. The Hall–Kier alpha value is -1.39. The van der Waals surface area contributed by atoms with Gasteiger partial charge in [-0.3, -0.25) is 4.68 Å². The summed E-state index contributed by atoms with van der Waals surface area (Å²) in [5.41, 5.74) is 5.12. The van der Waals surface area contributed by atoms with E-state index >= 15 is 0 Å². The second kappa shape index (κ2) is 6.55. The Bertz CT molecular complexity index is 883. The number of aromatic nitrogens is 2. The Morgan fingerprint density at radius 1 is 1.14 bits per heavy atom. The first-order valence-corrected chi connectivity index (χ1v) is 11.5. The van der Waals surface area contributed by atoms with Crippen LogP contribution in [0.4, 0.5) is 0 Å². The van der Waals surface area contributed by atoms with Crippen LogP contribution in [0.3, 0.4) is 0 Å². The van der Waals surface area contributed by atoms with E-state index in [4.69, 9.17) is 0 Å². The van der Waals surface area contributed by atoms with Gasteiger partial charge in [-0.2, -0.15) is 5.10 Å². The van der Waals surface area contributed by atoms with Crippen LogP contribution in [0, 0.1) is 35.5 Å². The van der Waals surface area contributed by atoms with Crippen LogP contribution in [-0.2, 0) is 7.05 Å². The van der Waals surface area contributed by atoms with Gasteiger partial charge in [0.2, 0.25) is 0 Å². The molecular weight excluding hydrogens is 360 g/mol. The van der Waals surface area contributed by atoms with Crippen LogP contribution in [0.15, 0.2) is 23.4 Å². The van der Waals surface area contributed by atoms with Gasteiger partial charge >= 0.3 is 0 Å². The lowest BCUT2D eigenvalue weighted by Crippen LogP contribution is -2.51. The van der Waals surface area contributed by atoms with Crippen molar-refractivity contribution < 1.29 is 10.2 Å². The minimum atomic E-state index is -0.348. The molecule has 7 atom stereocenters. The highest BCUT2D eigenvalue weighted by molar-refractivity contribution is 5.57. The molecule has 0 saturated heterocycles. The fourth-order valence-corrected chi connectivity index (χ4v) is 7.60. The first-order chi connectivity index (χ1) is 13.7. The Kier molecular flexibility index (Phi) is 4.42. The van der Waals surface area contributed by atoms with Gasteiger partial charge in [-0.15, -0.1) is 0 Å². The SMILES string of the molecule is Cc1nn(C)cc1C=C1CC2C3CC=C4CC(O)CCC4(C)C3CCC2(C)C1O. The second-order valence-corrected chi connectivity index (χ2v) is 10.9. The standard InChI is InChI=1S/C25H36N2O2/c1-15-17(14-27(4)26-15)11-16-12-22-20-6-5-18-13-19(28)7-9-24(18,2)21(20)8-10-25(22,3)23(16)29/h5,11,14,19-23,28-29H,6-10,12-13H2,1-4H3. The molecule has 29 heavy (non-hydrogen) atoms. The lowest BCUT2D eigenvalue weighted by Gasteiger charge is -2.57. The van der Waals surface area contributed by atoms with E-state index in [1.165, 1.54) is 17.6 Å². The summed E-state index contributed by atoms with van der Waals surface area (Å²) in [6.07, 6.45) is 13.6. The number of fused-ring (bicyclic) bond motifs is 5. The van der Waals surface area contributed by atoms with Crippen molar-refractivity contribution in [2.24, 2.45) is 35.6 Å². The zero-order valence-corrected chi connectivity index (χ0v) is 18.4. The van der Waals surface area contributed by atoms with Crippen LogP contribution in [0.25, 0.3) is 6.08 Å². The molecule has 3 saturated carbocycles. The van der Waals surface area contributed by atoms with E-state index in [0.29, 0.717) is 17.8 Å². The molecule has 7 unspecified atom stereocenters. The molecular formula is C25H36N2O2. The van der Waals surface area contributed by atoms with Crippen LogP contribution in [0.5, 0.6) is 0 Å². The number of aliphatic hydroxyl groups is 2. The Labute approximate surface area is 174 Å².